The van der Waals surface area contributed by atoms with Crippen LogP contribution in [0.25, 0.3) is 0 Å². The quantitative estimate of drug-likeness (QED) is 0.492. The van der Waals surface area contributed by atoms with Crippen LogP contribution < -0.4 is 0 Å². The Morgan fingerprint density at radius 3 is 2.38 bits per heavy atom. The molecule has 5 rings (SSSR count). The van der Waals surface area contributed by atoms with E-state index in [2.05, 4.69) is 75.1 Å². The van der Waals surface area contributed by atoms with Crippen molar-refractivity contribution in [2.45, 2.75) is 78.6 Å². The van der Waals surface area contributed by atoms with Crippen LogP contribution in [0.5, 0.6) is 0 Å². The molecule has 0 bridgehead atoms. The van der Waals surface area contributed by atoms with Crippen LogP contribution in [0.4, 0.5) is 0 Å². The number of amides is 1. The molecule has 1 amide bonds. The van der Waals surface area contributed by atoms with E-state index in [1.165, 1.54) is 30.4 Å². The molecule has 1 fully saturated rings. The van der Waals surface area contributed by atoms with Crippen LogP contribution in [-0.2, 0) is 30.5 Å². The number of fused-ring (bicyclic) bond motifs is 3. The molecular weight excluding hydrogens is 414 g/mol. The molecule has 2 aliphatic carbocycles. The molecule has 4 atom stereocenters. The standard InChI is InChI=1S/C32H43NO/c1-21(2)26-10-12-28-27(20-26)11-13-29-30(28)18-22(3)23(4)31(29)32(34)33-16-14-25(15-17-33)19-24-8-6-5-7-9-24/h5-9,11,13,21-23,25-26,31H,10,12,14-20H2,1-4H3. The summed E-state index contributed by atoms with van der Waals surface area (Å²) < 4.78 is 0. The van der Waals surface area contributed by atoms with Crippen LogP contribution >= 0.6 is 0 Å². The van der Waals surface area contributed by atoms with Crippen LogP contribution in [0.15, 0.2) is 42.5 Å². The molecule has 3 aliphatic rings. The summed E-state index contributed by atoms with van der Waals surface area (Å²) in [7, 11) is 0. The second kappa shape index (κ2) is 9.88. The summed E-state index contributed by atoms with van der Waals surface area (Å²) in [6, 6.07) is 15.6. The van der Waals surface area contributed by atoms with Gasteiger partial charge in [0.05, 0.1) is 5.92 Å². The van der Waals surface area contributed by atoms with Gasteiger partial charge in [0.2, 0.25) is 5.91 Å². The summed E-state index contributed by atoms with van der Waals surface area (Å²) in [5.74, 6) is 3.66. The molecule has 0 radical (unpaired) electrons. The number of carbonyl (C=O) groups is 1. The molecule has 1 saturated heterocycles. The molecule has 2 nitrogen and oxygen atoms in total. The highest BCUT2D eigenvalue weighted by Crippen LogP contribution is 2.45. The van der Waals surface area contributed by atoms with Gasteiger partial charge in [-0.15, -0.1) is 0 Å². The number of benzene rings is 2. The zero-order valence-corrected chi connectivity index (χ0v) is 21.7. The highest BCUT2D eigenvalue weighted by molar-refractivity contribution is 5.85. The molecular formula is C32H43NO. The number of likely N-dealkylation sites (tertiary alicyclic amines) is 1. The number of hydrogen-bond donors (Lipinski definition) is 0. The Balaban J connectivity index is 1.33. The van der Waals surface area contributed by atoms with Crippen molar-refractivity contribution in [1.82, 2.24) is 4.90 Å². The maximum absolute atomic E-state index is 14.0. The van der Waals surface area contributed by atoms with E-state index < -0.39 is 0 Å². The Morgan fingerprint density at radius 1 is 0.941 bits per heavy atom. The fourth-order valence-corrected chi connectivity index (χ4v) is 7.06. The van der Waals surface area contributed by atoms with Crippen LogP contribution in [0, 0.1) is 29.6 Å². The maximum atomic E-state index is 14.0. The van der Waals surface area contributed by atoms with Gasteiger partial charge in [-0.1, -0.05) is 70.2 Å². The predicted octanol–water partition coefficient (Wildman–Crippen LogP) is 6.84. The molecule has 1 aliphatic heterocycles. The number of rotatable bonds is 4. The summed E-state index contributed by atoms with van der Waals surface area (Å²) >= 11 is 0. The first-order valence-corrected chi connectivity index (χ1v) is 13.9. The molecule has 1 heterocycles. The molecule has 0 saturated carbocycles. The van der Waals surface area contributed by atoms with Crippen molar-refractivity contribution in [3.8, 4) is 0 Å². The Hall–Kier alpha value is -2.09. The van der Waals surface area contributed by atoms with Gasteiger partial charge in [-0.05, 0) is 102 Å². The topological polar surface area (TPSA) is 20.3 Å². The van der Waals surface area contributed by atoms with Crippen LogP contribution in [0.2, 0.25) is 0 Å². The average Bonchev–Trinajstić information content (AvgIpc) is 2.85. The Morgan fingerprint density at radius 2 is 1.68 bits per heavy atom. The van der Waals surface area contributed by atoms with Crippen molar-refractivity contribution >= 4 is 5.91 Å². The number of carbonyl (C=O) groups excluding carboxylic acids is 1. The average molecular weight is 458 g/mol. The summed E-state index contributed by atoms with van der Waals surface area (Å²) in [6.45, 7) is 11.3. The van der Waals surface area contributed by atoms with Crippen LogP contribution in [-0.4, -0.2) is 23.9 Å². The Kier molecular flexibility index (Phi) is 6.87. The van der Waals surface area contributed by atoms with E-state index in [0.29, 0.717) is 23.7 Å². The monoisotopic (exact) mass is 457 g/mol. The van der Waals surface area contributed by atoms with Crippen LogP contribution in [0.1, 0.15) is 80.7 Å². The first-order chi connectivity index (χ1) is 16.4. The van der Waals surface area contributed by atoms with Crippen LogP contribution in [0.3, 0.4) is 0 Å². The maximum Gasteiger partial charge on any atom is 0.230 e. The van der Waals surface area contributed by atoms with E-state index in [1.54, 1.807) is 16.7 Å². The second-order valence-corrected chi connectivity index (χ2v) is 12.0. The third-order valence-corrected chi connectivity index (χ3v) is 9.60. The fourth-order valence-electron chi connectivity index (χ4n) is 7.06. The third kappa shape index (κ3) is 4.58. The van der Waals surface area contributed by atoms with Gasteiger partial charge in [-0.2, -0.15) is 0 Å². The number of hydrogen-bond acceptors (Lipinski definition) is 1. The molecule has 2 aromatic carbocycles. The van der Waals surface area contributed by atoms with Gasteiger partial charge in [0.25, 0.3) is 0 Å². The smallest absolute Gasteiger partial charge is 0.230 e. The van der Waals surface area contributed by atoms with Crippen molar-refractivity contribution in [2.75, 3.05) is 13.1 Å². The minimum Gasteiger partial charge on any atom is -0.342 e. The lowest BCUT2D eigenvalue weighted by molar-refractivity contribution is -0.136. The molecule has 2 aromatic rings. The molecule has 0 spiro atoms. The van der Waals surface area contributed by atoms with E-state index in [0.717, 1.165) is 50.6 Å². The third-order valence-electron chi connectivity index (χ3n) is 9.60. The SMILES string of the molecule is CC(C)C1CCc2c(ccc3c2CC(C)C(C)C3C(=O)N2CCC(Cc3ccccc3)CC2)C1. The number of nitrogens with zero attached hydrogens (tertiary/aromatic N) is 1. The Labute approximate surface area is 207 Å². The lowest BCUT2D eigenvalue weighted by atomic mass is 9.66. The van der Waals surface area contributed by atoms with E-state index in [-0.39, 0.29) is 5.92 Å². The summed E-state index contributed by atoms with van der Waals surface area (Å²) in [4.78, 5) is 16.2. The van der Waals surface area contributed by atoms with E-state index in [1.807, 2.05) is 0 Å². The predicted molar refractivity (Wildman–Crippen MR) is 141 cm³/mol. The first-order valence-electron chi connectivity index (χ1n) is 13.9. The van der Waals surface area contributed by atoms with Crippen molar-refractivity contribution in [1.29, 1.82) is 0 Å². The molecule has 0 aromatic heterocycles. The van der Waals surface area contributed by atoms with E-state index in [4.69, 9.17) is 0 Å². The van der Waals surface area contributed by atoms with Gasteiger partial charge in [0.1, 0.15) is 0 Å². The normalized spacial score (nSPS) is 27.4. The summed E-state index contributed by atoms with van der Waals surface area (Å²) in [5.41, 5.74) is 7.51. The molecule has 4 unspecified atom stereocenters. The zero-order valence-electron chi connectivity index (χ0n) is 21.7. The largest absolute Gasteiger partial charge is 0.342 e. The highest BCUT2D eigenvalue weighted by atomic mass is 16.2. The van der Waals surface area contributed by atoms with Gasteiger partial charge >= 0.3 is 0 Å². The van der Waals surface area contributed by atoms with Gasteiger partial charge in [0.15, 0.2) is 0 Å². The molecule has 182 valence electrons. The van der Waals surface area contributed by atoms with Crippen molar-refractivity contribution in [3.05, 3.63) is 70.3 Å². The summed E-state index contributed by atoms with van der Waals surface area (Å²) in [5, 5.41) is 0. The van der Waals surface area contributed by atoms with E-state index >= 15 is 0 Å². The molecule has 0 N–H and O–H groups in total. The van der Waals surface area contributed by atoms with Gasteiger partial charge in [0, 0.05) is 13.1 Å². The molecule has 2 heteroatoms. The number of piperidine rings is 1. The van der Waals surface area contributed by atoms with E-state index in [9.17, 15) is 4.79 Å². The minimum atomic E-state index is 0.0394. The van der Waals surface area contributed by atoms with Crippen molar-refractivity contribution in [2.24, 2.45) is 29.6 Å². The molecule has 34 heavy (non-hydrogen) atoms. The zero-order chi connectivity index (χ0) is 23.8. The lowest BCUT2D eigenvalue weighted by Crippen LogP contribution is -2.45. The van der Waals surface area contributed by atoms with Crippen molar-refractivity contribution in [3.63, 3.8) is 0 Å². The fraction of sp³-hybridized carbons (Fsp3) is 0.594. The Bertz CT molecular complexity index is 1000. The van der Waals surface area contributed by atoms with Crippen molar-refractivity contribution < 1.29 is 4.79 Å². The van der Waals surface area contributed by atoms with Gasteiger partial charge < -0.3 is 4.90 Å². The highest BCUT2D eigenvalue weighted by Gasteiger charge is 2.40. The van der Waals surface area contributed by atoms with Gasteiger partial charge in [-0.3, -0.25) is 4.79 Å². The van der Waals surface area contributed by atoms with Gasteiger partial charge in [-0.25, -0.2) is 0 Å². The minimum absolute atomic E-state index is 0.0394. The lowest BCUT2D eigenvalue weighted by Gasteiger charge is -2.42. The summed E-state index contributed by atoms with van der Waals surface area (Å²) in [6.07, 6.45) is 8.28. The first kappa shape index (κ1) is 23.6. The second-order valence-electron chi connectivity index (χ2n) is 12.0.